The fourth-order valence-electron chi connectivity index (χ4n) is 2.76. The average molecular weight is 287 g/mol. The summed E-state index contributed by atoms with van der Waals surface area (Å²) in [5, 5.41) is 3.57. The van der Waals surface area contributed by atoms with E-state index in [1.54, 1.807) is 11.6 Å². The molecular weight excluding hydrogens is 270 g/mol. The van der Waals surface area contributed by atoms with Gasteiger partial charge in [0, 0.05) is 30.8 Å². The molecule has 0 spiro atoms. The van der Waals surface area contributed by atoms with Crippen molar-refractivity contribution in [1.29, 1.82) is 0 Å². The van der Waals surface area contributed by atoms with Gasteiger partial charge in [0.15, 0.2) is 0 Å². The third-order valence-electron chi connectivity index (χ3n) is 4.19. The molecule has 1 unspecified atom stereocenters. The van der Waals surface area contributed by atoms with Crippen LogP contribution in [0.3, 0.4) is 0 Å². The Morgan fingerprint density at radius 2 is 2.14 bits per heavy atom. The molecule has 7 nitrogen and oxygen atoms in total. The molecule has 0 aromatic carbocycles. The van der Waals surface area contributed by atoms with Crippen molar-refractivity contribution in [2.24, 2.45) is 11.0 Å². The average Bonchev–Trinajstić information content (AvgIpc) is 3.28. The molecule has 1 amide bonds. The van der Waals surface area contributed by atoms with E-state index < -0.39 is 6.04 Å². The molecule has 0 radical (unpaired) electrons. The van der Waals surface area contributed by atoms with E-state index in [1.807, 2.05) is 6.20 Å². The summed E-state index contributed by atoms with van der Waals surface area (Å²) in [5.74, 6) is 0.354. The zero-order valence-electron chi connectivity index (χ0n) is 11.9. The number of carbonyl (C=O) groups excluding carboxylic acids is 1. The standard InChI is InChI=1S/C14H17N5O2/c1-18-12-6-13(20)19(7-9-2-3-9)8-10(12)4-5-11(14(18)21)16-17-15/h6,8-9,11H,2-5,7H2,1H3. The van der Waals surface area contributed by atoms with Crippen LogP contribution in [0, 0.1) is 5.92 Å². The number of anilines is 1. The lowest BCUT2D eigenvalue weighted by Gasteiger charge is -2.19. The number of aryl methyl sites for hydroxylation is 1. The summed E-state index contributed by atoms with van der Waals surface area (Å²) in [6.45, 7) is 0.754. The zero-order chi connectivity index (χ0) is 15.0. The number of nitrogens with zero attached hydrogens (tertiary/aromatic N) is 5. The van der Waals surface area contributed by atoms with E-state index in [0.717, 1.165) is 12.1 Å². The summed E-state index contributed by atoms with van der Waals surface area (Å²) in [6.07, 6.45) is 5.32. The largest absolute Gasteiger partial charge is 0.315 e. The van der Waals surface area contributed by atoms with Gasteiger partial charge in [-0.15, -0.1) is 0 Å². The number of likely N-dealkylation sites (N-methyl/N-ethyl adjacent to an activating group) is 1. The highest BCUT2D eigenvalue weighted by atomic mass is 16.2. The Morgan fingerprint density at radius 3 is 2.81 bits per heavy atom. The molecule has 1 aromatic heterocycles. The molecule has 1 fully saturated rings. The lowest BCUT2D eigenvalue weighted by atomic mass is 10.1. The Balaban J connectivity index is 1.98. The van der Waals surface area contributed by atoms with Crippen molar-refractivity contribution in [2.45, 2.75) is 38.3 Å². The van der Waals surface area contributed by atoms with Crippen LogP contribution in [0.15, 0.2) is 22.2 Å². The first-order chi connectivity index (χ1) is 10.1. The Morgan fingerprint density at radius 1 is 1.38 bits per heavy atom. The van der Waals surface area contributed by atoms with Gasteiger partial charge < -0.3 is 9.47 Å². The Labute approximate surface area is 121 Å². The van der Waals surface area contributed by atoms with Gasteiger partial charge in [-0.1, -0.05) is 5.11 Å². The molecule has 1 aliphatic carbocycles. The maximum absolute atomic E-state index is 12.2. The Bertz CT molecular complexity index is 685. The van der Waals surface area contributed by atoms with Gasteiger partial charge in [-0.3, -0.25) is 9.59 Å². The number of fused-ring (bicyclic) bond motifs is 1. The second-order valence-electron chi connectivity index (χ2n) is 5.77. The van der Waals surface area contributed by atoms with Crippen molar-refractivity contribution >= 4 is 11.6 Å². The lowest BCUT2D eigenvalue weighted by molar-refractivity contribution is -0.119. The normalized spacial score (nSPS) is 21.5. The van der Waals surface area contributed by atoms with Crippen LogP contribution in [0.1, 0.15) is 24.8 Å². The van der Waals surface area contributed by atoms with Crippen LogP contribution in [-0.4, -0.2) is 23.6 Å². The third-order valence-corrected chi connectivity index (χ3v) is 4.19. The highest BCUT2D eigenvalue weighted by Gasteiger charge is 2.29. The number of amides is 1. The fraction of sp³-hybridized carbons (Fsp3) is 0.571. The van der Waals surface area contributed by atoms with E-state index in [4.69, 9.17) is 5.53 Å². The maximum atomic E-state index is 12.2. The van der Waals surface area contributed by atoms with Crippen molar-refractivity contribution in [2.75, 3.05) is 11.9 Å². The Kier molecular flexibility index (Phi) is 3.43. The molecule has 0 N–H and O–H groups in total. The number of azide groups is 1. The predicted octanol–water partition coefficient (Wildman–Crippen LogP) is 1.85. The number of pyridine rings is 1. The first-order valence-corrected chi connectivity index (χ1v) is 7.15. The molecule has 0 saturated heterocycles. The van der Waals surface area contributed by atoms with Gasteiger partial charge in [0.25, 0.3) is 5.56 Å². The van der Waals surface area contributed by atoms with E-state index in [0.29, 0.717) is 24.4 Å². The summed E-state index contributed by atoms with van der Waals surface area (Å²) >= 11 is 0. The van der Waals surface area contributed by atoms with Gasteiger partial charge in [-0.05, 0) is 42.7 Å². The molecule has 2 heterocycles. The van der Waals surface area contributed by atoms with Gasteiger partial charge in [0.1, 0.15) is 6.04 Å². The quantitative estimate of drug-likeness (QED) is 0.482. The first kappa shape index (κ1) is 13.7. The molecule has 110 valence electrons. The number of carbonyl (C=O) groups is 1. The smallest absolute Gasteiger partial charge is 0.252 e. The summed E-state index contributed by atoms with van der Waals surface area (Å²) in [7, 11) is 1.62. The molecule has 0 bridgehead atoms. The Hall–Kier alpha value is -2.27. The van der Waals surface area contributed by atoms with Crippen molar-refractivity contribution in [1.82, 2.24) is 4.57 Å². The summed E-state index contributed by atoms with van der Waals surface area (Å²) < 4.78 is 1.74. The molecule has 1 atom stereocenters. The minimum atomic E-state index is -0.695. The summed E-state index contributed by atoms with van der Waals surface area (Å²) in [5.41, 5.74) is 10.1. The maximum Gasteiger partial charge on any atom is 0.252 e. The lowest BCUT2D eigenvalue weighted by Crippen LogP contribution is -2.34. The van der Waals surface area contributed by atoms with E-state index in [-0.39, 0.29) is 11.5 Å². The molecule has 21 heavy (non-hydrogen) atoms. The third kappa shape index (κ3) is 2.64. The van der Waals surface area contributed by atoms with Gasteiger partial charge in [-0.2, -0.15) is 0 Å². The number of aromatic nitrogens is 1. The van der Waals surface area contributed by atoms with E-state index in [1.165, 1.54) is 23.8 Å². The van der Waals surface area contributed by atoms with Crippen molar-refractivity contribution in [3.63, 3.8) is 0 Å². The van der Waals surface area contributed by atoms with Crippen molar-refractivity contribution < 1.29 is 4.79 Å². The van der Waals surface area contributed by atoms with Crippen molar-refractivity contribution in [3.05, 3.63) is 38.6 Å². The number of rotatable bonds is 3. The van der Waals surface area contributed by atoms with Gasteiger partial charge in [0.05, 0.1) is 5.69 Å². The summed E-state index contributed by atoms with van der Waals surface area (Å²) in [4.78, 5) is 28.6. The van der Waals surface area contributed by atoms with Crippen LogP contribution in [0.4, 0.5) is 5.69 Å². The second-order valence-corrected chi connectivity index (χ2v) is 5.77. The van der Waals surface area contributed by atoms with Gasteiger partial charge in [-0.25, -0.2) is 0 Å². The fourth-order valence-corrected chi connectivity index (χ4v) is 2.76. The minimum absolute atomic E-state index is 0.0810. The first-order valence-electron chi connectivity index (χ1n) is 7.15. The molecule has 3 rings (SSSR count). The highest BCUT2D eigenvalue weighted by Crippen LogP contribution is 2.31. The highest BCUT2D eigenvalue weighted by molar-refractivity contribution is 5.98. The topological polar surface area (TPSA) is 91.1 Å². The predicted molar refractivity (Wildman–Crippen MR) is 78.1 cm³/mol. The summed E-state index contributed by atoms with van der Waals surface area (Å²) in [6, 6.07) is 0.827. The van der Waals surface area contributed by atoms with Crippen LogP contribution in [-0.2, 0) is 17.8 Å². The van der Waals surface area contributed by atoms with Crippen LogP contribution < -0.4 is 10.5 Å². The van der Waals surface area contributed by atoms with Gasteiger partial charge in [0.2, 0.25) is 5.91 Å². The second kappa shape index (κ2) is 5.26. The molecule has 1 aromatic rings. The van der Waals surface area contributed by atoms with Crippen LogP contribution >= 0.6 is 0 Å². The SMILES string of the molecule is CN1C(=O)C(N=[N+]=[N-])CCc2cn(CC3CC3)c(=O)cc21. The van der Waals surface area contributed by atoms with Crippen LogP contribution in [0.2, 0.25) is 0 Å². The van der Waals surface area contributed by atoms with Crippen LogP contribution in [0.5, 0.6) is 0 Å². The van der Waals surface area contributed by atoms with E-state index in [9.17, 15) is 9.59 Å². The molecule has 2 aliphatic rings. The van der Waals surface area contributed by atoms with E-state index in [2.05, 4.69) is 10.0 Å². The number of hydrogen-bond donors (Lipinski definition) is 0. The monoisotopic (exact) mass is 287 g/mol. The molecule has 7 heteroatoms. The van der Waals surface area contributed by atoms with Crippen LogP contribution in [0.25, 0.3) is 10.4 Å². The number of hydrogen-bond acceptors (Lipinski definition) is 3. The van der Waals surface area contributed by atoms with Gasteiger partial charge >= 0.3 is 0 Å². The van der Waals surface area contributed by atoms with Crippen molar-refractivity contribution in [3.8, 4) is 0 Å². The molecule has 1 saturated carbocycles. The van der Waals surface area contributed by atoms with E-state index >= 15 is 0 Å². The zero-order valence-corrected chi connectivity index (χ0v) is 11.9. The molecule has 1 aliphatic heterocycles. The molecular formula is C14H17N5O2. The minimum Gasteiger partial charge on any atom is -0.315 e.